The quantitative estimate of drug-likeness (QED) is 0.848. The summed E-state index contributed by atoms with van der Waals surface area (Å²) in [6.07, 6.45) is 9.29. The minimum Gasteiger partial charge on any atom is -0.367 e. The van der Waals surface area contributed by atoms with Gasteiger partial charge in [-0.05, 0) is 18.9 Å². The van der Waals surface area contributed by atoms with Crippen LogP contribution in [0.25, 0.3) is 10.9 Å². The minimum absolute atomic E-state index is 0.165. The normalized spacial score (nSPS) is 16.9. The van der Waals surface area contributed by atoms with Crippen LogP contribution in [0, 0.1) is 0 Å². The largest absolute Gasteiger partial charge is 0.367 e. The SMILES string of the molecule is O=c1[nH]ccc2c(NC3CCCCC3)ncnc12. The molecule has 94 valence electrons. The average molecular weight is 244 g/mol. The third-order valence-corrected chi connectivity index (χ3v) is 3.51. The van der Waals surface area contributed by atoms with E-state index in [2.05, 4.69) is 20.3 Å². The van der Waals surface area contributed by atoms with Crippen molar-refractivity contribution in [2.75, 3.05) is 5.32 Å². The molecule has 1 saturated carbocycles. The van der Waals surface area contributed by atoms with Crippen LogP contribution >= 0.6 is 0 Å². The third kappa shape index (κ3) is 2.08. The number of anilines is 1. The Labute approximate surface area is 105 Å². The first kappa shape index (κ1) is 11.2. The van der Waals surface area contributed by atoms with E-state index < -0.39 is 0 Å². The van der Waals surface area contributed by atoms with Gasteiger partial charge in [-0.2, -0.15) is 0 Å². The van der Waals surface area contributed by atoms with Crippen molar-refractivity contribution >= 4 is 16.7 Å². The first-order chi connectivity index (χ1) is 8.84. The van der Waals surface area contributed by atoms with Gasteiger partial charge in [0.25, 0.3) is 5.56 Å². The van der Waals surface area contributed by atoms with Gasteiger partial charge in [-0.25, -0.2) is 9.97 Å². The molecule has 1 aliphatic rings. The van der Waals surface area contributed by atoms with Gasteiger partial charge in [0.1, 0.15) is 17.7 Å². The molecule has 0 bridgehead atoms. The molecule has 5 heteroatoms. The van der Waals surface area contributed by atoms with Gasteiger partial charge in [0.05, 0.1) is 0 Å². The summed E-state index contributed by atoms with van der Waals surface area (Å²) in [6, 6.07) is 2.32. The Morgan fingerprint density at radius 3 is 2.89 bits per heavy atom. The first-order valence-electron chi connectivity index (χ1n) is 6.43. The van der Waals surface area contributed by atoms with E-state index in [1.807, 2.05) is 6.07 Å². The number of nitrogens with one attached hydrogen (secondary N) is 2. The summed E-state index contributed by atoms with van der Waals surface area (Å²) in [7, 11) is 0. The number of aromatic nitrogens is 3. The van der Waals surface area contributed by atoms with Crippen LogP contribution in [0.15, 0.2) is 23.4 Å². The lowest BCUT2D eigenvalue weighted by atomic mass is 9.95. The molecule has 0 aromatic carbocycles. The molecule has 0 spiro atoms. The Morgan fingerprint density at radius 2 is 2.06 bits per heavy atom. The van der Waals surface area contributed by atoms with Crippen molar-refractivity contribution in [2.24, 2.45) is 0 Å². The summed E-state index contributed by atoms with van der Waals surface area (Å²) in [5.41, 5.74) is 0.285. The molecule has 1 aliphatic carbocycles. The summed E-state index contributed by atoms with van der Waals surface area (Å²) in [6.45, 7) is 0. The maximum absolute atomic E-state index is 11.6. The number of fused-ring (bicyclic) bond motifs is 1. The van der Waals surface area contributed by atoms with Crippen LogP contribution in [0.4, 0.5) is 5.82 Å². The van der Waals surface area contributed by atoms with Gasteiger partial charge in [-0.3, -0.25) is 4.79 Å². The van der Waals surface area contributed by atoms with Crippen molar-refractivity contribution in [1.29, 1.82) is 0 Å². The fourth-order valence-electron chi connectivity index (χ4n) is 2.56. The van der Waals surface area contributed by atoms with E-state index in [0.717, 1.165) is 11.2 Å². The van der Waals surface area contributed by atoms with Gasteiger partial charge in [-0.15, -0.1) is 0 Å². The van der Waals surface area contributed by atoms with Crippen molar-refractivity contribution in [3.8, 4) is 0 Å². The van der Waals surface area contributed by atoms with Crippen molar-refractivity contribution in [2.45, 2.75) is 38.1 Å². The summed E-state index contributed by atoms with van der Waals surface area (Å²) in [5.74, 6) is 0.776. The molecule has 2 aromatic heterocycles. The second-order valence-electron chi connectivity index (χ2n) is 4.77. The van der Waals surface area contributed by atoms with Crippen LogP contribution in [0.3, 0.4) is 0 Å². The second kappa shape index (κ2) is 4.76. The van der Waals surface area contributed by atoms with Gasteiger partial charge < -0.3 is 10.3 Å². The molecule has 2 aromatic rings. The fraction of sp³-hybridized carbons (Fsp3) is 0.462. The number of hydrogen-bond donors (Lipinski definition) is 2. The van der Waals surface area contributed by atoms with Gasteiger partial charge >= 0.3 is 0 Å². The molecule has 2 heterocycles. The molecular formula is C13H16N4O. The fourth-order valence-corrected chi connectivity index (χ4v) is 2.56. The molecule has 5 nitrogen and oxygen atoms in total. The number of rotatable bonds is 2. The van der Waals surface area contributed by atoms with Gasteiger partial charge in [-0.1, -0.05) is 19.3 Å². The van der Waals surface area contributed by atoms with Crippen LogP contribution in [-0.4, -0.2) is 21.0 Å². The van der Waals surface area contributed by atoms with Gasteiger partial charge in [0, 0.05) is 17.6 Å². The highest BCUT2D eigenvalue weighted by molar-refractivity contribution is 5.87. The second-order valence-corrected chi connectivity index (χ2v) is 4.77. The number of aromatic amines is 1. The highest BCUT2D eigenvalue weighted by Crippen LogP contribution is 2.23. The smallest absolute Gasteiger partial charge is 0.274 e. The standard InChI is InChI=1S/C13H16N4O/c18-13-11-10(6-7-14-13)12(16-8-15-11)17-9-4-2-1-3-5-9/h6-9H,1-5H2,(H,14,18)(H,15,16,17). The highest BCUT2D eigenvalue weighted by atomic mass is 16.1. The molecule has 1 fully saturated rings. The summed E-state index contributed by atoms with van der Waals surface area (Å²) in [5, 5.41) is 4.25. The molecule has 0 saturated heterocycles. The van der Waals surface area contributed by atoms with E-state index in [1.165, 1.54) is 38.4 Å². The minimum atomic E-state index is -0.165. The lowest BCUT2D eigenvalue weighted by Gasteiger charge is -2.23. The van der Waals surface area contributed by atoms with Crippen molar-refractivity contribution in [3.63, 3.8) is 0 Å². The number of H-pyrrole nitrogens is 1. The molecule has 0 unspecified atom stereocenters. The third-order valence-electron chi connectivity index (χ3n) is 3.51. The van der Waals surface area contributed by atoms with E-state index in [4.69, 9.17) is 0 Å². The van der Waals surface area contributed by atoms with E-state index in [9.17, 15) is 4.79 Å². The zero-order valence-corrected chi connectivity index (χ0v) is 10.1. The molecular weight excluding hydrogens is 228 g/mol. The molecule has 0 aliphatic heterocycles. The average Bonchev–Trinajstić information content (AvgIpc) is 2.41. The molecule has 0 atom stereocenters. The molecule has 2 N–H and O–H groups in total. The maximum atomic E-state index is 11.6. The topological polar surface area (TPSA) is 70.7 Å². The van der Waals surface area contributed by atoms with E-state index in [-0.39, 0.29) is 5.56 Å². The number of hydrogen-bond acceptors (Lipinski definition) is 4. The molecule has 0 radical (unpaired) electrons. The van der Waals surface area contributed by atoms with E-state index in [0.29, 0.717) is 11.6 Å². The predicted octanol–water partition coefficient (Wildman–Crippen LogP) is 2.06. The van der Waals surface area contributed by atoms with Crippen LogP contribution in [0.1, 0.15) is 32.1 Å². The summed E-state index contributed by atoms with van der Waals surface area (Å²) in [4.78, 5) is 22.6. The zero-order valence-electron chi connectivity index (χ0n) is 10.1. The van der Waals surface area contributed by atoms with Crippen molar-refractivity contribution in [3.05, 3.63) is 28.9 Å². The molecule has 18 heavy (non-hydrogen) atoms. The predicted molar refractivity (Wildman–Crippen MR) is 70.7 cm³/mol. The highest BCUT2D eigenvalue weighted by Gasteiger charge is 2.15. The van der Waals surface area contributed by atoms with Gasteiger partial charge in [0.2, 0.25) is 0 Å². The lowest BCUT2D eigenvalue weighted by Crippen LogP contribution is -2.23. The Bertz CT molecular complexity index is 601. The van der Waals surface area contributed by atoms with Crippen LogP contribution in [-0.2, 0) is 0 Å². The molecule has 3 rings (SSSR count). The Kier molecular flexibility index (Phi) is 2.96. The monoisotopic (exact) mass is 244 g/mol. The number of nitrogens with zero attached hydrogens (tertiary/aromatic N) is 2. The van der Waals surface area contributed by atoms with E-state index >= 15 is 0 Å². The Hall–Kier alpha value is -1.91. The van der Waals surface area contributed by atoms with Crippen LogP contribution in [0.5, 0.6) is 0 Å². The van der Waals surface area contributed by atoms with Gasteiger partial charge in [0.15, 0.2) is 0 Å². The summed E-state index contributed by atoms with van der Waals surface area (Å²) < 4.78 is 0. The lowest BCUT2D eigenvalue weighted by molar-refractivity contribution is 0.462. The Balaban J connectivity index is 1.96. The maximum Gasteiger partial charge on any atom is 0.274 e. The van der Waals surface area contributed by atoms with Crippen LogP contribution < -0.4 is 10.9 Å². The zero-order chi connectivity index (χ0) is 12.4. The Morgan fingerprint density at radius 1 is 1.22 bits per heavy atom. The van der Waals surface area contributed by atoms with E-state index in [1.54, 1.807) is 6.20 Å². The number of pyridine rings is 1. The first-order valence-corrected chi connectivity index (χ1v) is 6.43. The van der Waals surface area contributed by atoms with Crippen LogP contribution in [0.2, 0.25) is 0 Å². The summed E-state index contributed by atoms with van der Waals surface area (Å²) >= 11 is 0. The van der Waals surface area contributed by atoms with Crippen molar-refractivity contribution in [1.82, 2.24) is 15.0 Å². The molecule has 0 amide bonds. The van der Waals surface area contributed by atoms with Crippen molar-refractivity contribution < 1.29 is 0 Å².